The van der Waals surface area contributed by atoms with Crippen LogP contribution in [0, 0.1) is 20.8 Å². The van der Waals surface area contributed by atoms with Crippen molar-refractivity contribution >= 4 is 0 Å². The molecule has 142 valence electrons. The van der Waals surface area contributed by atoms with Crippen LogP contribution < -0.4 is 0 Å². The molecule has 0 aliphatic carbocycles. The maximum Gasteiger partial charge on any atom is -0.00200 e. The van der Waals surface area contributed by atoms with Crippen LogP contribution in [0.25, 0.3) is 0 Å². The molecule has 0 N–H and O–H groups in total. The highest BCUT2D eigenvalue weighted by atomic mass is 14.3. The van der Waals surface area contributed by atoms with Crippen LogP contribution in [0.3, 0.4) is 0 Å². The fourth-order valence-corrected chi connectivity index (χ4v) is 4.24. The summed E-state index contributed by atoms with van der Waals surface area (Å²) in [6.07, 6.45) is 2.13. The summed E-state index contributed by atoms with van der Waals surface area (Å²) in [5, 5.41) is 0. The summed E-state index contributed by atoms with van der Waals surface area (Å²) in [5.41, 5.74) is 12.1. The molecule has 0 saturated carbocycles. The van der Waals surface area contributed by atoms with Crippen LogP contribution in [0.5, 0.6) is 0 Å². The molecule has 0 radical (unpaired) electrons. The van der Waals surface area contributed by atoms with E-state index >= 15 is 0 Å². The van der Waals surface area contributed by atoms with Crippen molar-refractivity contribution in [1.29, 1.82) is 0 Å². The van der Waals surface area contributed by atoms with Gasteiger partial charge in [0.1, 0.15) is 0 Å². The molecular weight excluding hydrogens is 312 g/mol. The van der Waals surface area contributed by atoms with E-state index in [0.29, 0.717) is 0 Å². The van der Waals surface area contributed by atoms with Gasteiger partial charge in [0.2, 0.25) is 0 Å². The highest BCUT2D eigenvalue weighted by molar-refractivity contribution is 5.48. The van der Waals surface area contributed by atoms with E-state index in [4.69, 9.17) is 0 Å². The van der Waals surface area contributed by atoms with Crippen molar-refractivity contribution in [2.24, 2.45) is 0 Å². The SMILES string of the molecule is CCc1c(Cc2cc(C)cc(C(C)(C)C)c2C)cc(C)cc1C(C)(C)C. The lowest BCUT2D eigenvalue weighted by Crippen LogP contribution is -2.17. The molecule has 0 heterocycles. The molecular formula is C26H38. The minimum atomic E-state index is 0.182. The summed E-state index contributed by atoms with van der Waals surface area (Å²) >= 11 is 0. The molecule has 0 amide bonds. The summed E-state index contributed by atoms with van der Waals surface area (Å²) in [6.45, 7) is 23.0. The van der Waals surface area contributed by atoms with Crippen LogP contribution in [0.15, 0.2) is 24.3 Å². The topological polar surface area (TPSA) is 0 Å². The zero-order valence-electron chi connectivity index (χ0n) is 18.7. The van der Waals surface area contributed by atoms with Gasteiger partial charge >= 0.3 is 0 Å². The van der Waals surface area contributed by atoms with E-state index in [2.05, 4.69) is 93.5 Å². The average Bonchev–Trinajstić information content (AvgIpc) is 2.48. The number of benzene rings is 2. The van der Waals surface area contributed by atoms with Crippen molar-refractivity contribution < 1.29 is 0 Å². The van der Waals surface area contributed by atoms with Crippen LogP contribution in [0.4, 0.5) is 0 Å². The van der Waals surface area contributed by atoms with Crippen LogP contribution >= 0.6 is 0 Å². The quantitative estimate of drug-likeness (QED) is 0.542. The molecule has 0 atom stereocenters. The van der Waals surface area contributed by atoms with Crippen LogP contribution in [0.1, 0.15) is 93.0 Å². The van der Waals surface area contributed by atoms with Gasteiger partial charge < -0.3 is 0 Å². The molecule has 0 heteroatoms. The second-order valence-corrected chi connectivity index (χ2v) is 10.1. The predicted molar refractivity (Wildman–Crippen MR) is 117 cm³/mol. The molecule has 0 fully saturated rings. The Hall–Kier alpha value is -1.56. The minimum Gasteiger partial charge on any atom is -0.0613 e. The first-order valence-electron chi connectivity index (χ1n) is 10.1. The average molecular weight is 351 g/mol. The third kappa shape index (κ3) is 4.40. The Labute approximate surface area is 162 Å². The summed E-state index contributed by atoms with van der Waals surface area (Å²) in [4.78, 5) is 0. The molecule has 0 unspecified atom stereocenters. The Morgan fingerprint density at radius 2 is 1.12 bits per heavy atom. The van der Waals surface area contributed by atoms with Crippen molar-refractivity contribution in [2.45, 2.75) is 92.9 Å². The van der Waals surface area contributed by atoms with Crippen LogP contribution in [0.2, 0.25) is 0 Å². The van der Waals surface area contributed by atoms with E-state index in [1.807, 2.05) is 0 Å². The van der Waals surface area contributed by atoms with Crippen molar-refractivity contribution in [3.63, 3.8) is 0 Å². The lowest BCUT2D eigenvalue weighted by atomic mass is 9.78. The van der Waals surface area contributed by atoms with Gasteiger partial charge in [0.05, 0.1) is 0 Å². The highest BCUT2D eigenvalue weighted by Crippen LogP contribution is 2.33. The summed E-state index contributed by atoms with van der Waals surface area (Å²) < 4.78 is 0. The van der Waals surface area contributed by atoms with E-state index in [0.717, 1.165) is 12.8 Å². The van der Waals surface area contributed by atoms with Gasteiger partial charge in [-0.1, -0.05) is 83.9 Å². The van der Waals surface area contributed by atoms with Crippen LogP contribution in [-0.4, -0.2) is 0 Å². The highest BCUT2D eigenvalue weighted by Gasteiger charge is 2.22. The Kier molecular flexibility index (Phi) is 5.76. The van der Waals surface area contributed by atoms with Gasteiger partial charge in [0, 0.05) is 0 Å². The molecule has 0 nitrogen and oxygen atoms in total. The Bertz CT molecular complexity index is 792. The Morgan fingerprint density at radius 3 is 1.58 bits per heavy atom. The van der Waals surface area contributed by atoms with Gasteiger partial charge in [-0.15, -0.1) is 0 Å². The lowest BCUT2D eigenvalue weighted by molar-refractivity contribution is 0.581. The summed E-state index contributed by atoms with van der Waals surface area (Å²) in [5.74, 6) is 0. The van der Waals surface area contributed by atoms with Crippen molar-refractivity contribution in [3.8, 4) is 0 Å². The monoisotopic (exact) mass is 350 g/mol. The number of rotatable bonds is 3. The zero-order chi connectivity index (χ0) is 19.9. The molecule has 0 aliphatic rings. The molecule has 2 aromatic carbocycles. The summed E-state index contributed by atoms with van der Waals surface area (Å²) in [7, 11) is 0. The Morgan fingerprint density at radius 1 is 0.654 bits per heavy atom. The van der Waals surface area contributed by atoms with E-state index < -0.39 is 0 Å². The fourth-order valence-electron chi connectivity index (χ4n) is 4.24. The van der Waals surface area contributed by atoms with Crippen LogP contribution in [-0.2, 0) is 23.7 Å². The summed E-state index contributed by atoms with van der Waals surface area (Å²) in [6, 6.07) is 9.57. The Balaban J connectivity index is 2.63. The third-order valence-corrected chi connectivity index (χ3v) is 5.50. The molecule has 2 rings (SSSR count). The number of aryl methyl sites for hydroxylation is 2. The minimum absolute atomic E-state index is 0.182. The number of hydrogen-bond acceptors (Lipinski definition) is 0. The maximum atomic E-state index is 2.41. The van der Waals surface area contributed by atoms with Gasteiger partial charge in [-0.3, -0.25) is 0 Å². The molecule has 0 aromatic heterocycles. The normalized spacial score (nSPS) is 12.5. The molecule has 2 aromatic rings. The van der Waals surface area contributed by atoms with Crippen molar-refractivity contribution in [1.82, 2.24) is 0 Å². The zero-order valence-corrected chi connectivity index (χ0v) is 18.7. The molecule has 0 bridgehead atoms. The smallest absolute Gasteiger partial charge is 0.00200 e. The molecule has 0 spiro atoms. The van der Waals surface area contributed by atoms with E-state index in [9.17, 15) is 0 Å². The first-order valence-corrected chi connectivity index (χ1v) is 10.1. The van der Waals surface area contributed by atoms with E-state index in [1.165, 1.54) is 38.9 Å². The molecule has 0 aliphatic heterocycles. The second-order valence-electron chi connectivity index (χ2n) is 10.1. The molecule has 0 saturated heterocycles. The second kappa shape index (κ2) is 7.22. The van der Waals surface area contributed by atoms with Gasteiger partial charge in [0.25, 0.3) is 0 Å². The predicted octanol–water partition coefficient (Wildman–Crippen LogP) is 7.36. The number of hydrogen-bond donors (Lipinski definition) is 0. The molecule has 26 heavy (non-hydrogen) atoms. The van der Waals surface area contributed by atoms with Gasteiger partial charge in [-0.05, 0) is 77.8 Å². The van der Waals surface area contributed by atoms with Gasteiger partial charge in [-0.25, -0.2) is 0 Å². The standard InChI is InChI=1S/C26H38/c1-11-22-21(13-18(3)15-24(22)26(8,9)10)16-20-12-17(2)14-23(19(20)4)25(5,6)7/h12-15H,11,16H2,1-10H3. The third-order valence-electron chi connectivity index (χ3n) is 5.50. The maximum absolute atomic E-state index is 2.41. The first-order chi connectivity index (χ1) is 11.8. The first kappa shape index (κ1) is 20.7. The largest absolute Gasteiger partial charge is 0.0613 e. The van der Waals surface area contributed by atoms with Gasteiger partial charge in [0.15, 0.2) is 0 Å². The lowest BCUT2D eigenvalue weighted by Gasteiger charge is -2.27. The van der Waals surface area contributed by atoms with Gasteiger partial charge in [-0.2, -0.15) is 0 Å². The fraction of sp³-hybridized carbons (Fsp3) is 0.538. The van der Waals surface area contributed by atoms with Crippen molar-refractivity contribution in [3.05, 3.63) is 68.8 Å². The van der Waals surface area contributed by atoms with Crippen molar-refractivity contribution in [2.75, 3.05) is 0 Å². The van der Waals surface area contributed by atoms with E-state index in [-0.39, 0.29) is 10.8 Å². The van der Waals surface area contributed by atoms with E-state index in [1.54, 1.807) is 5.56 Å².